The van der Waals surface area contributed by atoms with Gasteiger partial charge in [0.05, 0.1) is 34.4 Å². The summed E-state index contributed by atoms with van der Waals surface area (Å²) in [6.07, 6.45) is 7.74. The van der Waals surface area contributed by atoms with Crippen molar-refractivity contribution < 1.29 is 18.7 Å². The van der Waals surface area contributed by atoms with Crippen LogP contribution in [0.5, 0.6) is 17.2 Å². The Hall–Kier alpha value is -4.81. The Labute approximate surface area is 251 Å². The van der Waals surface area contributed by atoms with Crippen LogP contribution in [0.25, 0.3) is 16.6 Å². The van der Waals surface area contributed by atoms with Gasteiger partial charge in [-0.15, -0.1) is 0 Å². The highest BCUT2D eigenvalue weighted by atomic mass is 35.5. The van der Waals surface area contributed by atoms with E-state index < -0.39 is 11.7 Å². The number of hydrogen-bond acceptors (Lipinski definition) is 9. The molecule has 1 atom stereocenters. The number of amides is 1. The van der Waals surface area contributed by atoms with Crippen LogP contribution >= 0.6 is 11.6 Å². The van der Waals surface area contributed by atoms with E-state index in [-0.39, 0.29) is 16.8 Å². The van der Waals surface area contributed by atoms with E-state index in [4.69, 9.17) is 21.1 Å². The van der Waals surface area contributed by atoms with Gasteiger partial charge in [-0.1, -0.05) is 11.6 Å². The number of benzene rings is 2. The first-order chi connectivity index (χ1) is 20.8. The monoisotopic (exact) mass is 602 g/mol. The Kier molecular flexibility index (Phi) is 7.78. The second-order valence-corrected chi connectivity index (χ2v) is 10.6. The number of ether oxygens (including phenoxy) is 2. The van der Waals surface area contributed by atoms with Crippen LogP contribution in [0.4, 0.5) is 21.6 Å². The molecule has 13 heteroatoms. The summed E-state index contributed by atoms with van der Waals surface area (Å²) in [4.78, 5) is 27.6. The minimum absolute atomic E-state index is 0.116. The minimum atomic E-state index is -0.871. The van der Waals surface area contributed by atoms with E-state index >= 15 is 0 Å². The predicted molar refractivity (Wildman–Crippen MR) is 162 cm³/mol. The highest BCUT2D eigenvalue weighted by Gasteiger charge is 2.22. The second-order valence-electron chi connectivity index (χ2n) is 10.2. The van der Waals surface area contributed by atoms with Gasteiger partial charge in [-0.05, 0) is 69.3 Å². The van der Waals surface area contributed by atoms with Crippen molar-refractivity contribution in [3.05, 3.63) is 77.7 Å². The number of nitrogens with one attached hydrogen (secondary N) is 2. The number of aromatic nitrogens is 5. The second kappa shape index (κ2) is 11.8. The first-order valence-electron chi connectivity index (χ1n) is 13.6. The molecular formula is C30H28ClFN8O3. The summed E-state index contributed by atoms with van der Waals surface area (Å²) in [5.41, 5.74) is 2.83. The number of halogens is 2. The zero-order chi connectivity index (χ0) is 30.1. The third kappa shape index (κ3) is 5.79. The average Bonchev–Trinajstić information content (AvgIpc) is 3.64. The van der Waals surface area contributed by atoms with Crippen LogP contribution in [0.2, 0.25) is 5.02 Å². The number of carbonyl (C=O) groups excluding carboxylic acids is 1. The highest BCUT2D eigenvalue weighted by molar-refractivity contribution is 6.39. The number of methoxy groups -OCH3 is 1. The Balaban J connectivity index is 1.27. The van der Waals surface area contributed by atoms with E-state index in [2.05, 4.69) is 30.7 Å². The molecule has 0 spiro atoms. The molecule has 0 bridgehead atoms. The number of anilines is 3. The van der Waals surface area contributed by atoms with Gasteiger partial charge < -0.3 is 20.1 Å². The fraction of sp³-hybridized carbons (Fsp3) is 0.233. The number of likely N-dealkylation sites (tertiary alicyclic amines) is 1. The van der Waals surface area contributed by atoms with Crippen molar-refractivity contribution in [1.29, 1.82) is 0 Å². The molecule has 2 aromatic carbocycles. The van der Waals surface area contributed by atoms with Gasteiger partial charge in [0.25, 0.3) is 5.91 Å². The summed E-state index contributed by atoms with van der Waals surface area (Å²) in [5.74, 6) is 0.307. The van der Waals surface area contributed by atoms with Gasteiger partial charge in [0.1, 0.15) is 35.7 Å². The number of carbonyl (C=O) groups is 1. The van der Waals surface area contributed by atoms with Crippen LogP contribution < -0.4 is 20.1 Å². The predicted octanol–water partition coefficient (Wildman–Crippen LogP) is 6.06. The molecule has 5 aromatic rings. The molecule has 4 heterocycles. The maximum absolute atomic E-state index is 14.8. The van der Waals surface area contributed by atoms with E-state index in [1.54, 1.807) is 48.2 Å². The molecule has 11 nitrogen and oxygen atoms in total. The smallest absolute Gasteiger partial charge is 0.284 e. The van der Waals surface area contributed by atoms with Crippen molar-refractivity contribution in [1.82, 2.24) is 29.5 Å². The van der Waals surface area contributed by atoms with E-state index in [9.17, 15) is 9.18 Å². The zero-order valence-corrected chi connectivity index (χ0v) is 24.4. The fourth-order valence-corrected chi connectivity index (χ4v) is 5.33. The average molecular weight is 603 g/mol. The maximum Gasteiger partial charge on any atom is 0.284 e. The molecule has 1 unspecified atom stereocenters. The Morgan fingerprint density at radius 2 is 1.98 bits per heavy atom. The number of fused-ring (bicyclic) bond motifs is 2. The summed E-state index contributed by atoms with van der Waals surface area (Å²) in [6, 6.07) is 10.3. The Bertz CT molecular complexity index is 1880. The number of likely N-dealkylation sites (N-methyl/N-ethyl adjacent to an activating group) is 1. The van der Waals surface area contributed by atoms with Crippen molar-refractivity contribution in [3.63, 3.8) is 0 Å². The quantitative estimate of drug-likeness (QED) is 0.204. The molecule has 0 radical (unpaired) electrons. The van der Waals surface area contributed by atoms with Crippen LogP contribution in [0.3, 0.4) is 0 Å². The summed E-state index contributed by atoms with van der Waals surface area (Å²) in [6.45, 7) is 2.77. The fourth-order valence-electron chi connectivity index (χ4n) is 5.04. The van der Waals surface area contributed by atoms with Crippen molar-refractivity contribution in [2.75, 3.05) is 31.3 Å². The first kappa shape index (κ1) is 28.3. The lowest BCUT2D eigenvalue weighted by Gasteiger charge is -2.17. The van der Waals surface area contributed by atoms with Crippen molar-refractivity contribution in [2.24, 2.45) is 0 Å². The lowest BCUT2D eigenvalue weighted by Crippen LogP contribution is -2.24. The molecule has 1 fully saturated rings. The molecule has 1 aliphatic heterocycles. The number of nitrogens with zero attached hydrogens (tertiary/aromatic N) is 6. The van der Waals surface area contributed by atoms with Crippen molar-refractivity contribution >= 4 is 51.3 Å². The van der Waals surface area contributed by atoms with Gasteiger partial charge in [-0.25, -0.2) is 23.9 Å². The maximum atomic E-state index is 14.8. The van der Waals surface area contributed by atoms with Gasteiger partial charge in [0.15, 0.2) is 11.5 Å². The molecule has 1 saturated heterocycles. The summed E-state index contributed by atoms with van der Waals surface area (Å²) in [5, 5.41) is 10.6. The molecular weight excluding hydrogens is 575 g/mol. The van der Waals surface area contributed by atoms with E-state index in [1.807, 2.05) is 24.9 Å². The topological polar surface area (TPSA) is 119 Å². The number of aryl methyl sites for hydroxylation is 1. The van der Waals surface area contributed by atoms with Crippen LogP contribution in [0.15, 0.2) is 67.2 Å². The Morgan fingerprint density at radius 1 is 1.12 bits per heavy atom. The standard InChI is InChI=1S/C30H28ClFN8O3/c1-17-11-23(25(42-3)14-24(17)43-19-8-10-40-26(13-19)34-16-36-40)37-29-27-21(33-15-35-29)6-7-22(28(27)31)38-30(41)20(32)12-18-5-4-9-39(18)2/h6-8,10-16,18H,4-5,9H2,1-3H3,(H,38,41)(H,33,35,37)/b20-12-. The number of hydrogen-bond donors (Lipinski definition) is 2. The molecule has 3 aromatic heterocycles. The molecule has 6 rings (SSSR count). The molecule has 2 N–H and O–H groups in total. The van der Waals surface area contributed by atoms with Gasteiger partial charge in [-0.2, -0.15) is 5.10 Å². The third-order valence-electron chi connectivity index (χ3n) is 7.35. The van der Waals surface area contributed by atoms with E-state index in [0.717, 1.165) is 24.9 Å². The van der Waals surface area contributed by atoms with Gasteiger partial charge >= 0.3 is 0 Å². The first-order valence-corrected chi connectivity index (χ1v) is 13.9. The zero-order valence-electron chi connectivity index (χ0n) is 23.6. The largest absolute Gasteiger partial charge is 0.494 e. The lowest BCUT2D eigenvalue weighted by atomic mass is 10.1. The van der Waals surface area contributed by atoms with Crippen LogP contribution in [0.1, 0.15) is 18.4 Å². The van der Waals surface area contributed by atoms with Crippen molar-refractivity contribution in [3.8, 4) is 17.2 Å². The third-order valence-corrected chi connectivity index (χ3v) is 7.74. The summed E-state index contributed by atoms with van der Waals surface area (Å²) >= 11 is 6.76. The molecule has 0 aliphatic carbocycles. The normalized spacial score (nSPS) is 15.7. The van der Waals surface area contributed by atoms with Gasteiger partial charge in [-0.3, -0.25) is 9.69 Å². The Morgan fingerprint density at radius 3 is 2.77 bits per heavy atom. The van der Waals surface area contributed by atoms with Crippen LogP contribution in [-0.4, -0.2) is 62.1 Å². The van der Waals surface area contributed by atoms with E-state index in [1.165, 1.54) is 18.7 Å². The summed E-state index contributed by atoms with van der Waals surface area (Å²) < 4.78 is 28.2. The lowest BCUT2D eigenvalue weighted by molar-refractivity contribution is -0.114. The molecule has 1 amide bonds. The molecule has 1 aliphatic rings. The van der Waals surface area contributed by atoms with E-state index in [0.29, 0.717) is 45.3 Å². The van der Waals surface area contributed by atoms with Gasteiger partial charge in [0, 0.05) is 24.4 Å². The minimum Gasteiger partial charge on any atom is -0.494 e. The van der Waals surface area contributed by atoms with Gasteiger partial charge in [0.2, 0.25) is 0 Å². The van der Waals surface area contributed by atoms with Crippen LogP contribution in [-0.2, 0) is 4.79 Å². The molecule has 220 valence electrons. The SMILES string of the molecule is COc1cc(Oc2ccn3ncnc3c2)c(C)cc1Nc1ncnc2ccc(NC(=O)/C(F)=C/C3CCCN3C)c(Cl)c12. The molecule has 43 heavy (non-hydrogen) atoms. The number of rotatable bonds is 8. The number of pyridine rings is 1. The highest BCUT2D eigenvalue weighted by Crippen LogP contribution is 2.40. The molecule has 0 saturated carbocycles. The van der Waals surface area contributed by atoms with Crippen molar-refractivity contribution in [2.45, 2.75) is 25.8 Å². The summed E-state index contributed by atoms with van der Waals surface area (Å²) in [7, 11) is 3.46. The van der Waals surface area contributed by atoms with Crippen LogP contribution in [0, 0.1) is 6.92 Å².